The van der Waals surface area contributed by atoms with E-state index in [1.165, 1.54) is 13.0 Å². The van der Waals surface area contributed by atoms with Crippen LogP contribution in [0.1, 0.15) is 18.9 Å². The molecule has 1 aromatic rings. The van der Waals surface area contributed by atoms with Crippen molar-refractivity contribution in [3.63, 3.8) is 0 Å². The zero-order valence-electron chi connectivity index (χ0n) is 8.62. The molecule has 0 unspecified atom stereocenters. The fraction of sp³-hybridized carbons (Fsp3) is 0.273. The summed E-state index contributed by atoms with van der Waals surface area (Å²) >= 11 is 0. The Bertz CT molecular complexity index is 407. The summed E-state index contributed by atoms with van der Waals surface area (Å²) < 4.78 is 0. The molecule has 0 bridgehead atoms. The standard InChI is InChI=1S/C11H14N2O2/c1-9(14)13-6-3-2-4-10-8-12-7-5-11(10)15/h2,4-5,7-8H,3,6H2,1H3,(H,12,15)(H,13,14). The van der Waals surface area contributed by atoms with Gasteiger partial charge < -0.3 is 10.3 Å². The Labute approximate surface area is 88.0 Å². The number of aromatic nitrogens is 1. The fourth-order valence-corrected chi connectivity index (χ4v) is 1.10. The minimum atomic E-state index is -0.0408. The van der Waals surface area contributed by atoms with Crippen LogP contribution in [-0.4, -0.2) is 17.4 Å². The van der Waals surface area contributed by atoms with Crippen molar-refractivity contribution in [1.82, 2.24) is 10.3 Å². The Morgan fingerprint density at radius 2 is 2.40 bits per heavy atom. The van der Waals surface area contributed by atoms with Crippen LogP contribution in [0.5, 0.6) is 0 Å². The second-order valence-corrected chi connectivity index (χ2v) is 3.14. The van der Waals surface area contributed by atoms with E-state index in [9.17, 15) is 9.59 Å². The van der Waals surface area contributed by atoms with E-state index in [0.29, 0.717) is 18.5 Å². The first-order valence-corrected chi connectivity index (χ1v) is 4.78. The average Bonchev–Trinajstić information content (AvgIpc) is 2.20. The summed E-state index contributed by atoms with van der Waals surface area (Å²) in [7, 11) is 0. The molecule has 1 aromatic heterocycles. The molecule has 0 atom stereocenters. The van der Waals surface area contributed by atoms with Crippen LogP contribution in [0.15, 0.2) is 29.3 Å². The van der Waals surface area contributed by atoms with Crippen molar-refractivity contribution < 1.29 is 4.79 Å². The highest BCUT2D eigenvalue weighted by molar-refractivity contribution is 5.72. The molecule has 1 rings (SSSR count). The van der Waals surface area contributed by atoms with E-state index in [1.54, 1.807) is 18.5 Å². The maximum atomic E-state index is 11.3. The van der Waals surface area contributed by atoms with Gasteiger partial charge in [-0.05, 0) is 6.42 Å². The monoisotopic (exact) mass is 206 g/mol. The van der Waals surface area contributed by atoms with Crippen molar-refractivity contribution in [2.45, 2.75) is 13.3 Å². The Morgan fingerprint density at radius 3 is 3.07 bits per heavy atom. The minimum Gasteiger partial charge on any atom is -0.367 e. The zero-order chi connectivity index (χ0) is 11.1. The van der Waals surface area contributed by atoms with Gasteiger partial charge in [0.2, 0.25) is 5.91 Å². The topological polar surface area (TPSA) is 62.0 Å². The SMILES string of the molecule is CC(=O)NCCC=Cc1c[nH]ccc1=O. The van der Waals surface area contributed by atoms with Gasteiger partial charge in [0.1, 0.15) is 0 Å². The number of nitrogens with one attached hydrogen (secondary N) is 2. The number of carbonyl (C=O) groups excluding carboxylic acids is 1. The number of pyridine rings is 1. The smallest absolute Gasteiger partial charge is 0.216 e. The lowest BCUT2D eigenvalue weighted by atomic mass is 10.2. The van der Waals surface area contributed by atoms with Gasteiger partial charge >= 0.3 is 0 Å². The predicted octanol–water partition coefficient (Wildman–Crippen LogP) is 0.914. The third-order valence-electron chi connectivity index (χ3n) is 1.84. The van der Waals surface area contributed by atoms with Gasteiger partial charge in [0, 0.05) is 37.5 Å². The molecule has 0 aromatic carbocycles. The summed E-state index contributed by atoms with van der Waals surface area (Å²) in [4.78, 5) is 24.6. The number of aromatic amines is 1. The predicted molar refractivity (Wildman–Crippen MR) is 59.4 cm³/mol. The van der Waals surface area contributed by atoms with Crippen molar-refractivity contribution in [2.24, 2.45) is 0 Å². The van der Waals surface area contributed by atoms with Crippen molar-refractivity contribution in [1.29, 1.82) is 0 Å². The fourth-order valence-electron chi connectivity index (χ4n) is 1.10. The second kappa shape index (κ2) is 5.80. The number of H-pyrrole nitrogens is 1. The molecular formula is C11H14N2O2. The van der Waals surface area contributed by atoms with E-state index >= 15 is 0 Å². The van der Waals surface area contributed by atoms with Gasteiger partial charge in [0.05, 0.1) is 0 Å². The van der Waals surface area contributed by atoms with Crippen molar-refractivity contribution in [3.05, 3.63) is 40.3 Å². The molecule has 0 aliphatic carbocycles. The number of amides is 1. The molecule has 0 radical (unpaired) electrons. The van der Waals surface area contributed by atoms with Crippen molar-refractivity contribution in [2.75, 3.05) is 6.54 Å². The highest BCUT2D eigenvalue weighted by Gasteiger charge is 1.91. The molecule has 15 heavy (non-hydrogen) atoms. The number of hydrogen-bond donors (Lipinski definition) is 2. The lowest BCUT2D eigenvalue weighted by Crippen LogP contribution is -2.20. The largest absolute Gasteiger partial charge is 0.367 e. The van der Waals surface area contributed by atoms with Crippen LogP contribution < -0.4 is 10.7 Å². The molecular weight excluding hydrogens is 192 g/mol. The third kappa shape index (κ3) is 4.26. The molecule has 0 aliphatic rings. The Hall–Kier alpha value is -1.84. The second-order valence-electron chi connectivity index (χ2n) is 3.14. The summed E-state index contributed by atoms with van der Waals surface area (Å²) in [5.74, 6) is -0.0408. The van der Waals surface area contributed by atoms with E-state index < -0.39 is 0 Å². The summed E-state index contributed by atoms with van der Waals surface area (Å²) in [5.41, 5.74) is 0.616. The number of hydrogen-bond acceptors (Lipinski definition) is 2. The minimum absolute atomic E-state index is 0.00970. The molecule has 4 nitrogen and oxygen atoms in total. The maximum Gasteiger partial charge on any atom is 0.216 e. The van der Waals surface area contributed by atoms with Crippen molar-refractivity contribution >= 4 is 12.0 Å². The summed E-state index contributed by atoms with van der Waals surface area (Å²) in [6.45, 7) is 2.07. The van der Waals surface area contributed by atoms with Gasteiger partial charge in [-0.15, -0.1) is 0 Å². The maximum absolute atomic E-state index is 11.3. The Balaban J connectivity index is 2.42. The summed E-state index contributed by atoms with van der Waals surface area (Å²) in [5, 5.41) is 2.67. The first-order chi connectivity index (χ1) is 7.20. The molecule has 0 saturated heterocycles. The molecule has 2 N–H and O–H groups in total. The highest BCUT2D eigenvalue weighted by atomic mass is 16.1. The van der Waals surface area contributed by atoms with Crippen LogP contribution in [-0.2, 0) is 4.79 Å². The van der Waals surface area contributed by atoms with E-state index in [-0.39, 0.29) is 11.3 Å². The molecule has 0 saturated carbocycles. The van der Waals surface area contributed by atoms with Crippen LogP contribution in [0.3, 0.4) is 0 Å². The third-order valence-corrected chi connectivity index (χ3v) is 1.84. The molecule has 1 heterocycles. The van der Waals surface area contributed by atoms with E-state index in [1.807, 2.05) is 6.08 Å². The lowest BCUT2D eigenvalue weighted by molar-refractivity contribution is -0.118. The molecule has 4 heteroatoms. The Kier molecular flexibility index (Phi) is 4.34. The zero-order valence-corrected chi connectivity index (χ0v) is 8.62. The quantitative estimate of drug-likeness (QED) is 0.719. The summed E-state index contributed by atoms with van der Waals surface area (Å²) in [6.07, 6.45) is 7.57. The summed E-state index contributed by atoms with van der Waals surface area (Å²) in [6, 6.07) is 1.48. The van der Waals surface area contributed by atoms with Gasteiger partial charge in [-0.1, -0.05) is 12.2 Å². The average molecular weight is 206 g/mol. The van der Waals surface area contributed by atoms with Crippen LogP contribution in [0.2, 0.25) is 0 Å². The molecule has 0 spiro atoms. The van der Waals surface area contributed by atoms with E-state index in [0.717, 1.165) is 0 Å². The molecule has 0 fully saturated rings. The van der Waals surface area contributed by atoms with Gasteiger partial charge in [-0.2, -0.15) is 0 Å². The van der Waals surface area contributed by atoms with Crippen LogP contribution >= 0.6 is 0 Å². The first-order valence-electron chi connectivity index (χ1n) is 4.78. The van der Waals surface area contributed by atoms with Gasteiger partial charge in [0.15, 0.2) is 5.43 Å². The van der Waals surface area contributed by atoms with Crippen LogP contribution in [0.25, 0.3) is 6.08 Å². The van der Waals surface area contributed by atoms with E-state index in [4.69, 9.17) is 0 Å². The molecule has 0 aliphatic heterocycles. The van der Waals surface area contributed by atoms with Gasteiger partial charge in [-0.3, -0.25) is 9.59 Å². The Morgan fingerprint density at radius 1 is 1.60 bits per heavy atom. The van der Waals surface area contributed by atoms with E-state index in [2.05, 4.69) is 10.3 Å². The first kappa shape index (κ1) is 11.2. The lowest BCUT2D eigenvalue weighted by Gasteiger charge is -1.96. The van der Waals surface area contributed by atoms with Crippen molar-refractivity contribution in [3.8, 4) is 0 Å². The highest BCUT2D eigenvalue weighted by Crippen LogP contribution is 1.93. The van der Waals surface area contributed by atoms with Crippen LogP contribution in [0.4, 0.5) is 0 Å². The molecule has 80 valence electrons. The normalized spacial score (nSPS) is 10.5. The number of rotatable bonds is 4. The molecule has 1 amide bonds. The van der Waals surface area contributed by atoms with Gasteiger partial charge in [-0.25, -0.2) is 0 Å². The van der Waals surface area contributed by atoms with Crippen LogP contribution in [0, 0.1) is 0 Å². The van der Waals surface area contributed by atoms with Gasteiger partial charge in [0.25, 0.3) is 0 Å². The number of carbonyl (C=O) groups is 1.